The molecule has 0 spiro atoms. The van der Waals surface area contributed by atoms with Crippen LogP contribution in [0.5, 0.6) is 0 Å². The molecule has 0 bridgehead atoms. The summed E-state index contributed by atoms with van der Waals surface area (Å²) in [6, 6.07) is 6.11. The highest BCUT2D eigenvalue weighted by Crippen LogP contribution is 2.09. The van der Waals surface area contributed by atoms with Crippen molar-refractivity contribution >= 4 is 23.7 Å². The summed E-state index contributed by atoms with van der Waals surface area (Å²) in [4.78, 5) is 49.1. The lowest BCUT2D eigenvalue weighted by molar-refractivity contribution is -0.143. The molecule has 172 valence electrons. The maximum Gasteiger partial charge on any atom is 0.326 e. The number of benzene rings is 1. The van der Waals surface area contributed by atoms with Gasteiger partial charge in [0.2, 0.25) is 17.7 Å². The normalized spacial score (nSPS) is 13.9. The summed E-state index contributed by atoms with van der Waals surface area (Å²) in [5.74, 6) is -2.99. The molecule has 9 heteroatoms. The van der Waals surface area contributed by atoms with Gasteiger partial charge in [0.25, 0.3) is 0 Å². The minimum Gasteiger partial charge on any atom is -0.480 e. The summed E-state index contributed by atoms with van der Waals surface area (Å²) >= 11 is 0. The molecule has 0 saturated heterocycles. The minimum absolute atomic E-state index is 0.104. The standard InChI is InChI=1S/C22H34N4O5/c1-13(2)10-16(24-18(27)12-23)20(28)25-17(11-15-8-6-5-7-9-15)21(29)26-19(14(3)4)22(30)31/h5-9,13-14,16-17,19H,10-12,23H2,1-4H3,(H,24,27)(H,25,28)(H,26,29)(H,30,31). The third-order valence-electron chi connectivity index (χ3n) is 4.69. The predicted molar refractivity (Wildman–Crippen MR) is 117 cm³/mol. The monoisotopic (exact) mass is 434 g/mol. The highest BCUT2D eigenvalue weighted by molar-refractivity contribution is 5.93. The van der Waals surface area contributed by atoms with Crippen LogP contribution in [-0.2, 0) is 25.6 Å². The Morgan fingerprint density at radius 3 is 1.97 bits per heavy atom. The number of carbonyl (C=O) groups excluding carboxylic acids is 3. The van der Waals surface area contributed by atoms with E-state index in [1.54, 1.807) is 13.8 Å². The lowest BCUT2D eigenvalue weighted by Gasteiger charge is -2.26. The molecule has 31 heavy (non-hydrogen) atoms. The Morgan fingerprint density at radius 1 is 0.903 bits per heavy atom. The third-order valence-corrected chi connectivity index (χ3v) is 4.69. The predicted octanol–water partition coefficient (Wildman–Crippen LogP) is 0.429. The van der Waals surface area contributed by atoms with Crippen LogP contribution in [0.4, 0.5) is 0 Å². The average molecular weight is 435 g/mol. The zero-order valence-electron chi connectivity index (χ0n) is 18.6. The Morgan fingerprint density at radius 2 is 1.48 bits per heavy atom. The maximum atomic E-state index is 12.9. The average Bonchev–Trinajstić information content (AvgIpc) is 2.70. The number of carboxylic acids is 1. The molecule has 0 aromatic heterocycles. The lowest BCUT2D eigenvalue weighted by Crippen LogP contribution is -2.57. The van der Waals surface area contributed by atoms with Gasteiger partial charge in [-0.3, -0.25) is 14.4 Å². The molecule has 6 N–H and O–H groups in total. The van der Waals surface area contributed by atoms with Crippen molar-refractivity contribution in [3.05, 3.63) is 35.9 Å². The highest BCUT2D eigenvalue weighted by Gasteiger charge is 2.31. The van der Waals surface area contributed by atoms with Gasteiger partial charge in [0.15, 0.2) is 0 Å². The topological polar surface area (TPSA) is 151 Å². The first-order valence-corrected chi connectivity index (χ1v) is 10.4. The van der Waals surface area contributed by atoms with Gasteiger partial charge >= 0.3 is 5.97 Å². The molecule has 1 aromatic carbocycles. The molecule has 3 unspecified atom stereocenters. The Bertz CT molecular complexity index is 752. The van der Waals surface area contributed by atoms with Crippen molar-refractivity contribution in [3.63, 3.8) is 0 Å². The zero-order valence-corrected chi connectivity index (χ0v) is 18.6. The maximum absolute atomic E-state index is 12.9. The Labute approximate surface area is 183 Å². The van der Waals surface area contributed by atoms with Crippen molar-refractivity contribution in [2.75, 3.05) is 6.54 Å². The van der Waals surface area contributed by atoms with Gasteiger partial charge in [0.1, 0.15) is 18.1 Å². The molecular formula is C22H34N4O5. The molecule has 3 atom stereocenters. The van der Waals surface area contributed by atoms with Crippen LogP contribution in [0.25, 0.3) is 0 Å². The molecule has 1 rings (SSSR count). The van der Waals surface area contributed by atoms with Crippen molar-refractivity contribution < 1.29 is 24.3 Å². The zero-order chi connectivity index (χ0) is 23.6. The smallest absolute Gasteiger partial charge is 0.326 e. The molecule has 0 fully saturated rings. The van der Waals surface area contributed by atoms with Crippen molar-refractivity contribution in [2.45, 2.75) is 58.7 Å². The van der Waals surface area contributed by atoms with Gasteiger partial charge in [0.05, 0.1) is 6.54 Å². The van der Waals surface area contributed by atoms with Crippen LogP contribution in [0.2, 0.25) is 0 Å². The number of hydrogen-bond donors (Lipinski definition) is 5. The van der Waals surface area contributed by atoms with E-state index in [9.17, 15) is 24.3 Å². The van der Waals surface area contributed by atoms with E-state index in [0.29, 0.717) is 6.42 Å². The van der Waals surface area contributed by atoms with Gasteiger partial charge in [-0.1, -0.05) is 58.0 Å². The van der Waals surface area contributed by atoms with Crippen LogP contribution >= 0.6 is 0 Å². The van der Waals surface area contributed by atoms with Gasteiger partial charge in [-0.25, -0.2) is 4.79 Å². The van der Waals surface area contributed by atoms with E-state index < -0.39 is 41.8 Å². The summed E-state index contributed by atoms with van der Waals surface area (Å²) in [6.45, 7) is 6.92. The van der Waals surface area contributed by atoms with Crippen LogP contribution in [0.1, 0.15) is 39.7 Å². The quantitative estimate of drug-likeness (QED) is 0.322. The van der Waals surface area contributed by atoms with Crippen molar-refractivity contribution in [3.8, 4) is 0 Å². The molecule has 9 nitrogen and oxygen atoms in total. The number of nitrogens with one attached hydrogen (secondary N) is 3. The van der Waals surface area contributed by atoms with Gasteiger partial charge in [-0.15, -0.1) is 0 Å². The van der Waals surface area contributed by atoms with E-state index in [-0.39, 0.29) is 24.8 Å². The molecular weight excluding hydrogens is 400 g/mol. The Hall–Kier alpha value is -2.94. The van der Waals surface area contributed by atoms with Crippen molar-refractivity contribution in [1.29, 1.82) is 0 Å². The number of aliphatic carboxylic acids is 1. The molecule has 3 amide bonds. The van der Waals surface area contributed by atoms with Crippen LogP contribution in [-0.4, -0.2) is 53.5 Å². The van der Waals surface area contributed by atoms with E-state index in [2.05, 4.69) is 16.0 Å². The fraction of sp³-hybridized carbons (Fsp3) is 0.545. The number of carbonyl (C=O) groups is 4. The number of rotatable bonds is 12. The Kier molecular flexibility index (Phi) is 10.7. The van der Waals surface area contributed by atoms with E-state index in [1.807, 2.05) is 44.2 Å². The number of carboxylic acid groups (broad SMARTS) is 1. The first kappa shape index (κ1) is 26.1. The van der Waals surface area contributed by atoms with Crippen LogP contribution in [0, 0.1) is 11.8 Å². The molecule has 0 aliphatic carbocycles. The summed E-state index contributed by atoms with van der Waals surface area (Å²) in [5, 5.41) is 17.2. The van der Waals surface area contributed by atoms with Gasteiger partial charge in [-0.2, -0.15) is 0 Å². The van der Waals surface area contributed by atoms with E-state index >= 15 is 0 Å². The fourth-order valence-electron chi connectivity index (χ4n) is 3.05. The molecule has 0 saturated carbocycles. The number of amides is 3. The molecule has 0 heterocycles. The van der Waals surface area contributed by atoms with E-state index in [4.69, 9.17) is 5.73 Å². The van der Waals surface area contributed by atoms with E-state index in [1.165, 1.54) is 0 Å². The molecule has 0 aliphatic heterocycles. The minimum atomic E-state index is -1.15. The Balaban J connectivity index is 3.08. The van der Waals surface area contributed by atoms with Gasteiger partial charge in [-0.05, 0) is 23.8 Å². The first-order chi connectivity index (χ1) is 14.5. The number of hydrogen-bond acceptors (Lipinski definition) is 5. The largest absolute Gasteiger partial charge is 0.480 e. The SMILES string of the molecule is CC(C)CC(NC(=O)CN)C(=O)NC(Cc1ccccc1)C(=O)NC(C(=O)O)C(C)C. The lowest BCUT2D eigenvalue weighted by atomic mass is 10.00. The number of nitrogens with two attached hydrogens (primary N) is 1. The van der Waals surface area contributed by atoms with Crippen LogP contribution in [0.15, 0.2) is 30.3 Å². The van der Waals surface area contributed by atoms with Crippen molar-refractivity contribution in [2.24, 2.45) is 17.6 Å². The summed E-state index contributed by atoms with van der Waals surface area (Å²) < 4.78 is 0. The summed E-state index contributed by atoms with van der Waals surface area (Å²) in [7, 11) is 0. The molecule has 0 radical (unpaired) electrons. The second-order valence-corrected chi connectivity index (χ2v) is 8.27. The fourth-order valence-corrected chi connectivity index (χ4v) is 3.05. The second-order valence-electron chi connectivity index (χ2n) is 8.27. The van der Waals surface area contributed by atoms with E-state index in [0.717, 1.165) is 5.56 Å². The van der Waals surface area contributed by atoms with Crippen molar-refractivity contribution in [1.82, 2.24) is 16.0 Å². The molecule has 0 aliphatic rings. The van der Waals surface area contributed by atoms with Crippen LogP contribution in [0.3, 0.4) is 0 Å². The molecule has 1 aromatic rings. The van der Waals surface area contributed by atoms with Gasteiger partial charge < -0.3 is 26.8 Å². The highest BCUT2D eigenvalue weighted by atomic mass is 16.4. The summed E-state index contributed by atoms with van der Waals surface area (Å²) in [5.41, 5.74) is 6.15. The van der Waals surface area contributed by atoms with Gasteiger partial charge in [0, 0.05) is 6.42 Å². The third kappa shape index (κ3) is 9.17. The van der Waals surface area contributed by atoms with Crippen LogP contribution < -0.4 is 21.7 Å². The second kappa shape index (κ2) is 12.7. The first-order valence-electron chi connectivity index (χ1n) is 10.4. The summed E-state index contributed by atoms with van der Waals surface area (Å²) in [6.07, 6.45) is 0.531.